The Bertz CT molecular complexity index is 904. The molecular weight excluding hydrogens is 360 g/mol. The standard InChI is InChI=1S/C21H18N2O5/c24-13-12-17(23-20(27)15-8-4-5-9-16(15)21(23)28)19(26)22-18(25)11-10-14-6-2-1-3-7-14/h1-9,13,17H,10-12H2,(H,22,25,26). The Morgan fingerprint density at radius 1 is 0.929 bits per heavy atom. The first-order chi connectivity index (χ1) is 13.5. The van der Waals surface area contributed by atoms with E-state index in [9.17, 15) is 24.0 Å². The first kappa shape index (κ1) is 19.2. The molecule has 2 aromatic carbocycles. The predicted molar refractivity (Wildman–Crippen MR) is 99.3 cm³/mol. The Labute approximate surface area is 161 Å². The van der Waals surface area contributed by atoms with Crippen LogP contribution in [0, 0.1) is 0 Å². The highest BCUT2D eigenvalue weighted by Crippen LogP contribution is 2.25. The van der Waals surface area contributed by atoms with Crippen LogP contribution < -0.4 is 5.32 Å². The van der Waals surface area contributed by atoms with Crippen LogP contribution in [0.5, 0.6) is 0 Å². The molecule has 0 bridgehead atoms. The van der Waals surface area contributed by atoms with Crippen molar-refractivity contribution in [2.45, 2.75) is 25.3 Å². The first-order valence-corrected chi connectivity index (χ1v) is 8.81. The smallest absolute Gasteiger partial charge is 0.262 e. The average molecular weight is 378 g/mol. The third-order valence-corrected chi connectivity index (χ3v) is 4.51. The molecule has 7 nitrogen and oxygen atoms in total. The van der Waals surface area contributed by atoms with Gasteiger partial charge in [0.25, 0.3) is 11.8 Å². The molecule has 4 amide bonds. The van der Waals surface area contributed by atoms with Crippen LogP contribution in [0.15, 0.2) is 54.6 Å². The number of aldehydes is 1. The molecule has 3 rings (SSSR count). The minimum absolute atomic E-state index is 0.0612. The lowest BCUT2D eigenvalue weighted by atomic mass is 10.1. The van der Waals surface area contributed by atoms with Gasteiger partial charge in [-0.25, -0.2) is 0 Å². The number of fused-ring (bicyclic) bond motifs is 1. The fourth-order valence-electron chi connectivity index (χ4n) is 3.10. The average Bonchev–Trinajstić information content (AvgIpc) is 2.96. The van der Waals surface area contributed by atoms with Gasteiger partial charge in [-0.2, -0.15) is 0 Å². The number of aryl methyl sites for hydroxylation is 1. The predicted octanol–water partition coefficient (Wildman–Crippen LogP) is 1.52. The van der Waals surface area contributed by atoms with Gasteiger partial charge in [-0.1, -0.05) is 42.5 Å². The van der Waals surface area contributed by atoms with Gasteiger partial charge < -0.3 is 4.79 Å². The van der Waals surface area contributed by atoms with Crippen LogP contribution >= 0.6 is 0 Å². The maximum atomic E-state index is 12.5. The van der Waals surface area contributed by atoms with Crippen molar-refractivity contribution in [3.63, 3.8) is 0 Å². The first-order valence-electron chi connectivity index (χ1n) is 8.81. The van der Waals surface area contributed by atoms with Crippen molar-refractivity contribution in [3.05, 3.63) is 71.3 Å². The molecule has 0 saturated heterocycles. The van der Waals surface area contributed by atoms with E-state index in [-0.39, 0.29) is 24.0 Å². The van der Waals surface area contributed by atoms with E-state index in [0.717, 1.165) is 10.5 Å². The fraction of sp³-hybridized carbons (Fsp3) is 0.190. The topological polar surface area (TPSA) is 101 Å². The number of benzene rings is 2. The maximum Gasteiger partial charge on any atom is 0.262 e. The lowest BCUT2D eigenvalue weighted by molar-refractivity contribution is -0.133. The Balaban J connectivity index is 1.69. The monoisotopic (exact) mass is 378 g/mol. The summed E-state index contributed by atoms with van der Waals surface area (Å²) in [6.45, 7) is 0. The van der Waals surface area contributed by atoms with Gasteiger partial charge >= 0.3 is 0 Å². The third-order valence-electron chi connectivity index (χ3n) is 4.51. The minimum atomic E-state index is -1.37. The normalized spacial score (nSPS) is 13.8. The minimum Gasteiger partial charge on any atom is -0.303 e. The van der Waals surface area contributed by atoms with E-state index in [1.54, 1.807) is 12.1 Å². The summed E-state index contributed by atoms with van der Waals surface area (Å²) in [5.41, 5.74) is 1.29. The van der Waals surface area contributed by atoms with E-state index < -0.39 is 29.7 Å². The summed E-state index contributed by atoms with van der Waals surface area (Å²) >= 11 is 0. The molecule has 7 heteroatoms. The quantitative estimate of drug-likeness (QED) is 0.581. The van der Waals surface area contributed by atoms with Gasteiger partial charge in [0.15, 0.2) is 0 Å². The molecule has 1 aliphatic rings. The van der Waals surface area contributed by atoms with Crippen molar-refractivity contribution in [3.8, 4) is 0 Å². The largest absolute Gasteiger partial charge is 0.303 e. The molecule has 0 saturated carbocycles. The van der Waals surface area contributed by atoms with Gasteiger partial charge in [0, 0.05) is 12.8 Å². The third kappa shape index (κ3) is 3.88. The van der Waals surface area contributed by atoms with Gasteiger partial charge in [0.2, 0.25) is 11.8 Å². The molecule has 1 atom stereocenters. The van der Waals surface area contributed by atoms with Gasteiger partial charge in [-0.3, -0.25) is 29.4 Å². The summed E-state index contributed by atoms with van der Waals surface area (Å²) in [6.07, 6.45) is 0.558. The highest BCUT2D eigenvalue weighted by atomic mass is 16.2. The van der Waals surface area contributed by atoms with Gasteiger partial charge in [0.05, 0.1) is 11.1 Å². The lowest BCUT2D eigenvalue weighted by Gasteiger charge is -2.23. The van der Waals surface area contributed by atoms with Crippen LogP contribution in [0.4, 0.5) is 0 Å². The van der Waals surface area contributed by atoms with Crippen molar-refractivity contribution < 1.29 is 24.0 Å². The second kappa shape index (κ2) is 8.39. The van der Waals surface area contributed by atoms with Crippen molar-refractivity contribution in [2.75, 3.05) is 0 Å². The van der Waals surface area contributed by atoms with Gasteiger partial charge in [-0.05, 0) is 24.1 Å². The molecule has 142 valence electrons. The zero-order valence-corrected chi connectivity index (χ0v) is 15.0. The van der Waals surface area contributed by atoms with E-state index in [4.69, 9.17) is 0 Å². The SMILES string of the molecule is O=CCC(C(=O)NC(=O)CCc1ccccc1)N1C(=O)c2ccccc2C1=O. The zero-order chi connectivity index (χ0) is 20.1. The van der Waals surface area contributed by atoms with Crippen LogP contribution in [0.25, 0.3) is 0 Å². The summed E-state index contributed by atoms with van der Waals surface area (Å²) in [7, 11) is 0. The number of amides is 4. The molecule has 1 unspecified atom stereocenters. The van der Waals surface area contributed by atoms with Crippen LogP contribution in [0.1, 0.15) is 39.1 Å². The van der Waals surface area contributed by atoms with Crippen LogP contribution in [-0.2, 0) is 20.8 Å². The van der Waals surface area contributed by atoms with E-state index in [2.05, 4.69) is 5.32 Å². The molecule has 28 heavy (non-hydrogen) atoms. The maximum absolute atomic E-state index is 12.5. The Morgan fingerprint density at radius 2 is 1.50 bits per heavy atom. The van der Waals surface area contributed by atoms with E-state index in [1.807, 2.05) is 30.3 Å². The molecule has 0 spiro atoms. The number of hydrogen-bond donors (Lipinski definition) is 1. The number of carbonyl (C=O) groups is 5. The molecule has 0 fully saturated rings. The molecule has 1 heterocycles. The molecule has 0 aromatic heterocycles. The summed E-state index contributed by atoms with van der Waals surface area (Å²) in [5, 5.41) is 2.20. The van der Waals surface area contributed by atoms with Gasteiger partial charge in [-0.15, -0.1) is 0 Å². The Hall–Kier alpha value is -3.61. The Morgan fingerprint density at radius 3 is 2.07 bits per heavy atom. The molecule has 1 aliphatic heterocycles. The fourth-order valence-corrected chi connectivity index (χ4v) is 3.10. The number of nitrogens with one attached hydrogen (secondary N) is 1. The van der Waals surface area contributed by atoms with Crippen LogP contribution in [-0.4, -0.2) is 40.9 Å². The summed E-state index contributed by atoms with van der Waals surface area (Å²) in [5.74, 6) is -2.69. The van der Waals surface area contributed by atoms with E-state index in [0.29, 0.717) is 12.7 Å². The molecule has 2 aromatic rings. The van der Waals surface area contributed by atoms with Crippen LogP contribution in [0.3, 0.4) is 0 Å². The molecule has 0 aliphatic carbocycles. The molecular formula is C21H18N2O5. The number of nitrogens with zero attached hydrogens (tertiary/aromatic N) is 1. The van der Waals surface area contributed by atoms with Gasteiger partial charge in [0.1, 0.15) is 12.3 Å². The number of hydrogen-bond acceptors (Lipinski definition) is 5. The number of carbonyl (C=O) groups excluding carboxylic acids is 5. The zero-order valence-electron chi connectivity index (χ0n) is 15.0. The van der Waals surface area contributed by atoms with Crippen LogP contribution in [0.2, 0.25) is 0 Å². The van der Waals surface area contributed by atoms with E-state index in [1.165, 1.54) is 12.1 Å². The number of imide groups is 2. The Kier molecular flexibility index (Phi) is 5.74. The summed E-state index contributed by atoms with van der Waals surface area (Å²) < 4.78 is 0. The van der Waals surface area contributed by atoms with E-state index >= 15 is 0 Å². The number of rotatable bonds is 7. The highest BCUT2D eigenvalue weighted by Gasteiger charge is 2.42. The second-order valence-corrected chi connectivity index (χ2v) is 6.34. The van der Waals surface area contributed by atoms with Crippen molar-refractivity contribution in [2.24, 2.45) is 0 Å². The van der Waals surface area contributed by atoms with Crippen molar-refractivity contribution in [1.82, 2.24) is 10.2 Å². The highest BCUT2D eigenvalue weighted by molar-refractivity contribution is 6.23. The van der Waals surface area contributed by atoms with Crippen molar-refractivity contribution >= 4 is 29.9 Å². The molecule has 1 N–H and O–H groups in total. The lowest BCUT2D eigenvalue weighted by Crippen LogP contribution is -2.51. The van der Waals surface area contributed by atoms with Crippen molar-refractivity contribution in [1.29, 1.82) is 0 Å². The summed E-state index contributed by atoms with van der Waals surface area (Å²) in [4.78, 5) is 61.6. The summed E-state index contributed by atoms with van der Waals surface area (Å²) in [6, 6.07) is 14.1. The second-order valence-electron chi connectivity index (χ2n) is 6.34. The molecule has 0 radical (unpaired) electrons.